The first-order chi connectivity index (χ1) is 10.0. The first kappa shape index (κ1) is 16.2. The van der Waals surface area contributed by atoms with Gasteiger partial charge in [-0.2, -0.15) is 0 Å². The molecule has 1 N–H and O–H groups in total. The largest absolute Gasteiger partial charge is 0.372 e. The Bertz CT molecular complexity index is 649. The summed E-state index contributed by atoms with van der Waals surface area (Å²) in [7, 11) is 1.82. The Kier molecular flexibility index (Phi) is 5.53. The number of hydrogen-bond donors (Lipinski definition) is 1. The van der Waals surface area contributed by atoms with Crippen LogP contribution in [0.25, 0.3) is 0 Å². The summed E-state index contributed by atoms with van der Waals surface area (Å²) in [5, 5.41) is 3.45. The number of rotatable bonds is 5. The topological polar surface area (TPSA) is 37.8 Å². The molecular weight excluding hydrogens is 357 g/mol. The Morgan fingerprint density at radius 2 is 2.10 bits per heavy atom. The average molecular weight is 373 g/mol. The first-order valence-corrected chi connectivity index (χ1v) is 7.89. The molecule has 1 aromatic heterocycles. The molecule has 0 aliphatic rings. The van der Waals surface area contributed by atoms with Crippen LogP contribution in [0.5, 0.6) is 0 Å². The lowest BCUT2D eigenvalue weighted by molar-refractivity contribution is 0.627. The van der Waals surface area contributed by atoms with Crippen molar-refractivity contribution in [2.75, 3.05) is 12.4 Å². The fourth-order valence-electron chi connectivity index (χ4n) is 2.03. The molecule has 0 radical (unpaired) electrons. The summed E-state index contributed by atoms with van der Waals surface area (Å²) in [6.07, 6.45) is 2.33. The van der Waals surface area contributed by atoms with Gasteiger partial charge >= 0.3 is 0 Å². The van der Waals surface area contributed by atoms with Crippen LogP contribution in [0.1, 0.15) is 30.4 Å². The molecule has 0 amide bonds. The Morgan fingerprint density at radius 1 is 1.33 bits per heavy atom. The zero-order valence-corrected chi connectivity index (χ0v) is 14.2. The van der Waals surface area contributed by atoms with E-state index in [0.29, 0.717) is 17.3 Å². The van der Waals surface area contributed by atoms with E-state index in [-0.39, 0.29) is 5.82 Å². The highest BCUT2D eigenvalue weighted by Gasteiger charge is 2.12. The second-order valence-electron chi connectivity index (χ2n) is 4.66. The minimum atomic E-state index is -0.344. The summed E-state index contributed by atoms with van der Waals surface area (Å²) >= 11 is 9.59. The van der Waals surface area contributed by atoms with Crippen molar-refractivity contribution in [3.63, 3.8) is 0 Å². The van der Waals surface area contributed by atoms with Crippen molar-refractivity contribution in [2.45, 2.75) is 26.2 Å². The maximum absolute atomic E-state index is 13.1. The second-order valence-corrected chi connectivity index (χ2v) is 5.86. The summed E-state index contributed by atoms with van der Waals surface area (Å²) in [6.45, 7) is 2.10. The average Bonchev–Trinajstić information content (AvgIpc) is 2.45. The third-order valence-corrected chi connectivity index (χ3v) is 4.24. The highest BCUT2D eigenvalue weighted by atomic mass is 79.9. The van der Waals surface area contributed by atoms with Gasteiger partial charge in [-0.25, -0.2) is 14.4 Å². The first-order valence-electron chi connectivity index (χ1n) is 6.72. The van der Waals surface area contributed by atoms with Gasteiger partial charge < -0.3 is 5.32 Å². The Balaban J connectivity index is 2.37. The van der Waals surface area contributed by atoms with Gasteiger partial charge in [0.15, 0.2) is 0 Å². The molecule has 112 valence electrons. The van der Waals surface area contributed by atoms with Gasteiger partial charge in [-0.1, -0.05) is 31.0 Å². The number of nitrogens with one attached hydrogen (secondary N) is 1. The van der Waals surface area contributed by atoms with E-state index < -0.39 is 0 Å². The molecular formula is C15H16BrClFN3. The molecule has 2 aromatic rings. The van der Waals surface area contributed by atoms with E-state index in [2.05, 4.69) is 38.1 Å². The van der Waals surface area contributed by atoms with E-state index >= 15 is 0 Å². The third-order valence-electron chi connectivity index (χ3n) is 3.05. The number of nitrogens with zero attached hydrogens (tertiary/aromatic N) is 2. The van der Waals surface area contributed by atoms with E-state index in [9.17, 15) is 4.39 Å². The molecule has 0 unspecified atom stereocenters. The van der Waals surface area contributed by atoms with Crippen LogP contribution in [0.4, 0.5) is 10.2 Å². The summed E-state index contributed by atoms with van der Waals surface area (Å²) in [5.74, 6) is 1.07. The van der Waals surface area contributed by atoms with E-state index in [4.69, 9.17) is 11.6 Å². The number of hydrogen-bond acceptors (Lipinski definition) is 3. The highest BCUT2D eigenvalue weighted by molar-refractivity contribution is 9.10. The normalized spacial score (nSPS) is 10.7. The van der Waals surface area contributed by atoms with Crippen LogP contribution < -0.4 is 5.32 Å². The Hall–Kier alpha value is -1.20. The van der Waals surface area contributed by atoms with E-state index in [1.165, 1.54) is 12.1 Å². The highest BCUT2D eigenvalue weighted by Crippen LogP contribution is 2.26. The molecule has 0 aliphatic carbocycles. The lowest BCUT2D eigenvalue weighted by atomic mass is 10.1. The van der Waals surface area contributed by atoms with Gasteiger partial charge in [0, 0.05) is 18.5 Å². The molecule has 0 spiro atoms. The van der Waals surface area contributed by atoms with Gasteiger partial charge in [0.2, 0.25) is 0 Å². The smallest absolute Gasteiger partial charge is 0.144 e. The summed E-state index contributed by atoms with van der Waals surface area (Å²) in [4.78, 5) is 9.05. The molecule has 21 heavy (non-hydrogen) atoms. The van der Waals surface area contributed by atoms with Gasteiger partial charge in [0.05, 0.1) is 10.2 Å². The zero-order valence-electron chi connectivity index (χ0n) is 11.9. The number of halogens is 3. The predicted molar refractivity (Wildman–Crippen MR) is 87.5 cm³/mol. The van der Waals surface area contributed by atoms with Gasteiger partial charge in [-0.15, -0.1) is 0 Å². The molecule has 0 atom stereocenters. The van der Waals surface area contributed by atoms with Crippen molar-refractivity contribution >= 4 is 33.3 Å². The number of aryl methyl sites for hydroxylation is 1. The fraction of sp³-hybridized carbons (Fsp3) is 0.333. The van der Waals surface area contributed by atoms with E-state index in [1.807, 2.05) is 7.05 Å². The fourth-order valence-corrected chi connectivity index (χ4v) is 2.84. The number of aromatic nitrogens is 2. The van der Waals surface area contributed by atoms with Crippen molar-refractivity contribution in [1.82, 2.24) is 9.97 Å². The molecule has 2 rings (SSSR count). The molecule has 0 saturated heterocycles. The Labute approximate surface area is 137 Å². The van der Waals surface area contributed by atoms with Crippen molar-refractivity contribution in [1.29, 1.82) is 0 Å². The minimum Gasteiger partial charge on any atom is -0.372 e. The van der Waals surface area contributed by atoms with Crippen molar-refractivity contribution in [3.8, 4) is 0 Å². The summed E-state index contributed by atoms with van der Waals surface area (Å²) in [5.41, 5.74) is 1.77. The van der Waals surface area contributed by atoms with Crippen LogP contribution in [0.15, 0.2) is 22.7 Å². The predicted octanol–water partition coefficient (Wildman–Crippen LogP) is 4.62. The van der Waals surface area contributed by atoms with Gasteiger partial charge in [-0.3, -0.25) is 0 Å². The molecule has 6 heteroatoms. The molecule has 1 heterocycles. The second kappa shape index (κ2) is 7.18. The van der Waals surface area contributed by atoms with Crippen LogP contribution in [0.3, 0.4) is 0 Å². The maximum atomic E-state index is 13.1. The quantitative estimate of drug-likeness (QED) is 0.832. The monoisotopic (exact) mass is 371 g/mol. The standard InChI is InChI=1S/C15H16BrClFN3/c1-3-4-12-14(16)15(19-2)21-13(20-12)7-9-5-6-10(18)8-11(9)17/h5-6,8H,3-4,7H2,1-2H3,(H,19,20,21). The van der Waals surface area contributed by atoms with Crippen molar-refractivity contribution in [2.24, 2.45) is 0 Å². The SMILES string of the molecule is CCCc1nc(Cc2ccc(F)cc2Cl)nc(NC)c1Br. The van der Waals surface area contributed by atoms with Crippen LogP contribution in [-0.4, -0.2) is 17.0 Å². The zero-order chi connectivity index (χ0) is 15.4. The lowest BCUT2D eigenvalue weighted by Crippen LogP contribution is -2.06. The van der Waals surface area contributed by atoms with Crippen LogP contribution in [0.2, 0.25) is 5.02 Å². The molecule has 0 fully saturated rings. The molecule has 0 bridgehead atoms. The number of benzene rings is 1. The van der Waals surface area contributed by atoms with Gasteiger partial charge in [0.25, 0.3) is 0 Å². The van der Waals surface area contributed by atoms with Gasteiger partial charge in [0.1, 0.15) is 17.5 Å². The van der Waals surface area contributed by atoms with Crippen molar-refractivity contribution in [3.05, 3.63) is 50.6 Å². The third kappa shape index (κ3) is 3.92. The number of anilines is 1. The van der Waals surface area contributed by atoms with E-state index in [0.717, 1.165) is 34.4 Å². The minimum absolute atomic E-state index is 0.344. The molecule has 1 aromatic carbocycles. The van der Waals surface area contributed by atoms with E-state index in [1.54, 1.807) is 6.07 Å². The molecule has 3 nitrogen and oxygen atoms in total. The lowest BCUT2D eigenvalue weighted by Gasteiger charge is -2.11. The van der Waals surface area contributed by atoms with Crippen LogP contribution in [0, 0.1) is 5.82 Å². The summed E-state index contributed by atoms with van der Waals surface area (Å²) in [6, 6.07) is 4.37. The summed E-state index contributed by atoms with van der Waals surface area (Å²) < 4.78 is 14.0. The van der Waals surface area contributed by atoms with Gasteiger partial charge in [-0.05, 0) is 40.0 Å². The maximum Gasteiger partial charge on any atom is 0.144 e. The van der Waals surface area contributed by atoms with Crippen LogP contribution >= 0.6 is 27.5 Å². The molecule has 0 saturated carbocycles. The van der Waals surface area contributed by atoms with Crippen LogP contribution in [-0.2, 0) is 12.8 Å². The van der Waals surface area contributed by atoms with Crippen molar-refractivity contribution < 1.29 is 4.39 Å². The Morgan fingerprint density at radius 3 is 2.71 bits per heavy atom. The molecule has 0 aliphatic heterocycles.